The van der Waals surface area contributed by atoms with Crippen LogP contribution in [0.4, 0.5) is 5.69 Å². The van der Waals surface area contributed by atoms with E-state index in [1.807, 2.05) is 0 Å². The predicted molar refractivity (Wildman–Crippen MR) is 70.2 cm³/mol. The molecule has 1 heterocycles. The van der Waals surface area contributed by atoms with Crippen LogP contribution < -0.4 is 0 Å². The highest BCUT2D eigenvalue weighted by atomic mass is 35.5. The lowest BCUT2D eigenvalue weighted by Crippen LogP contribution is -2.43. The maximum absolute atomic E-state index is 10.8. The average molecular weight is 287 g/mol. The number of nitro benzene ring substituents is 1. The van der Waals surface area contributed by atoms with Gasteiger partial charge in [-0.25, -0.2) is 0 Å². The van der Waals surface area contributed by atoms with Crippen molar-refractivity contribution in [2.24, 2.45) is 0 Å². The van der Waals surface area contributed by atoms with Gasteiger partial charge in [0, 0.05) is 36.8 Å². The molecule has 1 unspecified atom stereocenters. The van der Waals surface area contributed by atoms with Gasteiger partial charge in [0.15, 0.2) is 0 Å². The molecule has 0 aliphatic carbocycles. The molecule has 1 fully saturated rings. The highest BCUT2D eigenvalue weighted by Crippen LogP contribution is 2.24. The first-order chi connectivity index (χ1) is 9.10. The summed E-state index contributed by atoms with van der Waals surface area (Å²) in [5.74, 6) is 0. The quantitative estimate of drug-likeness (QED) is 0.669. The smallest absolute Gasteiger partial charge is 0.269 e. The summed E-state index contributed by atoms with van der Waals surface area (Å²) in [7, 11) is 0. The van der Waals surface area contributed by atoms with Gasteiger partial charge in [-0.15, -0.1) is 0 Å². The number of morpholine rings is 1. The van der Waals surface area contributed by atoms with Crippen LogP contribution in [-0.4, -0.2) is 47.3 Å². The lowest BCUT2D eigenvalue weighted by molar-refractivity contribution is -0.384. The number of benzene rings is 1. The molecule has 19 heavy (non-hydrogen) atoms. The van der Waals surface area contributed by atoms with Crippen LogP contribution in [-0.2, 0) is 11.3 Å². The van der Waals surface area contributed by atoms with Crippen molar-refractivity contribution in [2.75, 3.05) is 26.3 Å². The molecule has 1 aromatic carbocycles. The molecule has 104 valence electrons. The Labute approximate surface area is 115 Å². The third kappa shape index (κ3) is 3.63. The van der Waals surface area contributed by atoms with E-state index in [-0.39, 0.29) is 18.4 Å². The second-order valence-electron chi connectivity index (χ2n) is 4.44. The second-order valence-corrected chi connectivity index (χ2v) is 4.85. The normalized spacial score (nSPS) is 20.4. The van der Waals surface area contributed by atoms with Crippen LogP contribution in [0.2, 0.25) is 5.02 Å². The summed E-state index contributed by atoms with van der Waals surface area (Å²) in [6.45, 7) is 2.34. The van der Waals surface area contributed by atoms with E-state index in [4.69, 9.17) is 21.4 Å². The van der Waals surface area contributed by atoms with Crippen LogP contribution in [0, 0.1) is 10.1 Å². The first-order valence-corrected chi connectivity index (χ1v) is 6.35. The molecule has 1 atom stereocenters. The minimum atomic E-state index is -0.435. The van der Waals surface area contributed by atoms with Crippen LogP contribution in [0.15, 0.2) is 18.2 Å². The fourth-order valence-electron chi connectivity index (χ4n) is 2.07. The zero-order valence-corrected chi connectivity index (χ0v) is 11.0. The molecule has 1 aliphatic heterocycles. The van der Waals surface area contributed by atoms with Crippen molar-refractivity contribution < 1.29 is 14.8 Å². The van der Waals surface area contributed by atoms with Gasteiger partial charge in [0.05, 0.1) is 24.2 Å². The Morgan fingerprint density at radius 3 is 3.05 bits per heavy atom. The number of nitrogens with zero attached hydrogens (tertiary/aromatic N) is 2. The van der Waals surface area contributed by atoms with E-state index in [9.17, 15) is 10.1 Å². The summed E-state index contributed by atoms with van der Waals surface area (Å²) in [6, 6.07) is 4.42. The van der Waals surface area contributed by atoms with Crippen molar-refractivity contribution in [2.45, 2.75) is 12.6 Å². The van der Waals surface area contributed by atoms with Gasteiger partial charge in [-0.2, -0.15) is 0 Å². The molecule has 0 spiro atoms. The van der Waals surface area contributed by atoms with E-state index in [1.165, 1.54) is 12.1 Å². The molecule has 0 amide bonds. The molecule has 7 heteroatoms. The molecule has 2 rings (SSSR count). The Bertz CT molecular complexity index is 469. The molecule has 6 nitrogen and oxygen atoms in total. The van der Waals surface area contributed by atoms with Crippen LogP contribution in [0.1, 0.15) is 5.56 Å². The number of halogens is 1. The van der Waals surface area contributed by atoms with E-state index < -0.39 is 4.92 Å². The molecule has 0 saturated carbocycles. The van der Waals surface area contributed by atoms with Gasteiger partial charge in [0.2, 0.25) is 0 Å². The van der Waals surface area contributed by atoms with Crippen LogP contribution in [0.5, 0.6) is 0 Å². The Morgan fingerprint density at radius 2 is 2.37 bits per heavy atom. The number of hydrogen-bond donors (Lipinski definition) is 1. The fourth-order valence-corrected chi connectivity index (χ4v) is 2.25. The Balaban J connectivity index is 2.09. The molecule has 1 saturated heterocycles. The second kappa shape index (κ2) is 6.29. The number of non-ortho nitro benzene ring substituents is 1. The maximum atomic E-state index is 10.8. The van der Waals surface area contributed by atoms with Crippen molar-refractivity contribution in [1.82, 2.24) is 4.90 Å². The monoisotopic (exact) mass is 286 g/mol. The summed E-state index contributed by atoms with van der Waals surface area (Å²) in [5, 5.41) is 20.3. The van der Waals surface area contributed by atoms with E-state index in [0.29, 0.717) is 24.7 Å². The maximum Gasteiger partial charge on any atom is 0.269 e. The Kier molecular flexibility index (Phi) is 4.71. The number of ether oxygens (including phenoxy) is 1. The van der Waals surface area contributed by atoms with Gasteiger partial charge >= 0.3 is 0 Å². The van der Waals surface area contributed by atoms with E-state index in [1.54, 1.807) is 6.07 Å². The number of hydrogen-bond acceptors (Lipinski definition) is 5. The zero-order valence-electron chi connectivity index (χ0n) is 10.3. The molecule has 1 aliphatic rings. The molecular formula is C12H15ClN2O4. The number of rotatable bonds is 4. The zero-order chi connectivity index (χ0) is 13.8. The first-order valence-electron chi connectivity index (χ1n) is 5.98. The standard InChI is InChI=1S/C12H15ClN2O4/c13-12-2-1-10(15(17)18)5-9(12)6-14-3-4-19-11(7-14)8-16/h1-2,5,11,16H,3-4,6-8H2. The SMILES string of the molecule is O=[N+]([O-])c1ccc(Cl)c(CN2CCOC(CO)C2)c1. The van der Waals surface area contributed by atoms with Crippen molar-refractivity contribution in [3.63, 3.8) is 0 Å². The van der Waals surface area contributed by atoms with Crippen LogP contribution in [0.3, 0.4) is 0 Å². The Morgan fingerprint density at radius 1 is 1.58 bits per heavy atom. The van der Waals surface area contributed by atoms with Gasteiger partial charge in [0.25, 0.3) is 5.69 Å². The molecule has 0 radical (unpaired) electrons. The summed E-state index contributed by atoms with van der Waals surface area (Å²) >= 11 is 6.06. The summed E-state index contributed by atoms with van der Waals surface area (Å²) < 4.78 is 5.35. The summed E-state index contributed by atoms with van der Waals surface area (Å²) in [5.41, 5.74) is 0.751. The number of nitro groups is 1. The molecule has 0 bridgehead atoms. The summed E-state index contributed by atoms with van der Waals surface area (Å²) in [4.78, 5) is 12.4. The van der Waals surface area contributed by atoms with Gasteiger partial charge in [-0.3, -0.25) is 15.0 Å². The van der Waals surface area contributed by atoms with Crippen molar-refractivity contribution in [3.05, 3.63) is 38.9 Å². The van der Waals surface area contributed by atoms with Crippen molar-refractivity contribution >= 4 is 17.3 Å². The summed E-state index contributed by atoms with van der Waals surface area (Å²) in [6.07, 6.45) is -0.203. The molecule has 1 aromatic rings. The lowest BCUT2D eigenvalue weighted by Gasteiger charge is -2.32. The van der Waals surface area contributed by atoms with Crippen molar-refractivity contribution in [1.29, 1.82) is 0 Å². The first kappa shape index (κ1) is 14.2. The van der Waals surface area contributed by atoms with E-state index in [0.717, 1.165) is 12.1 Å². The van der Waals surface area contributed by atoms with Gasteiger partial charge < -0.3 is 9.84 Å². The molecule has 0 aromatic heterocycles. The third-order valence-corrected chi connectivity index (χ3v) is 3.43. The van der Waals surface area contributed by atoms with Crippen LogP contribution in [0.25, 0.3) is 0 Å². The van der Waals surface area contributed by atoms with E-state index in [2.05, 4.69) is 4.90 Å². The van der Waals surface area contributed by atoms with E-state index >= 15 is 0 Å². The molecule has 1 N–H and O–H groups in total. The predicted octanol–water partition coefficient (Wildman–Crippen LogP) is 1.44. The van der Waals surface area contributed by atoms with Gasteiger partial charge in [0.1, 0.15) is 0 Å². The highest BCUT2D eigenvalue weighted by molar-refractivity contribution is 6.31. The fraction of sp³-hybridized carbons (Fsp3) is 0.500. The topological polar surface area (TPSA) is 75.8 Å². The minimum Gasteiger partial charge on any atom is -0.394 e. The van der Waals surface area contributed by atoms with Crippen molar-refractivity contribution in [3.8, 4) is 0 Å². The van der Waals surface area contributed by atoms with Crippen LogP contribution >= 0.6 is 11.6 Å². The van der Waals surface area contributed by atoms with Gasteiger partial charge in [-0.05, 0) is 11.6 Å². The van der Waals surface area contributed by atoms with Gasteiger partial charge in [-0.1, -0.05) is 11.6 Å². The Hall–Kier alpha value is -1.21. The minimum absolute atomic E-state index is 0.0286. The largest absolute Gasteiger partial charge is 0.394 e. The third-order valence-electron chi connectivity index (χ3n) is 3.06. The number of aliphatic hydroxyl groups excluding tert-OH is 1. The average Bonchev–Trinajstić information content (AvgIpc) is 2.41. The highest BCUT2D eigenvalue weighted by Gasteiger charge is 2.21. The number of aliphatic hydroxyl groups is 1. The lowest BCUT2D eigenvalue weighted by atomic mass is 10.1. The molecular weight excluding hydrogens is 272 g/mol.